The molecule has 2 fully saturated rings. The van der Waals surface area contributed by atoms with Crippen LogP contribution in [0.1, 0.15) is 36.2 Å². The van der Waals surface area contributed by atoms with Gasteiger partial charge < -0.3 is 19.5 Å². The molecule has 1 aromatic rings. The number of carbonyl (C=O) groups excluding carboxylic acids is 1. The first-order valence-corrected chi connectivity index (χ1v) is 8.12. The fourth-order valence-electron chi connectivity index (χ4n) is 3.68. The van der Waals surface area contributed by atoms with E-state index in [0.29, 0.717) is 44.8 Å². The van der Waals surface area contributed by atoms with E-state index in [2.05, 4.69) is 4.98 Å². The highest BCUT2D eigenvalue weighted by Crippen LogP contribution is 2.39. The Morgan fingerprint density at radius 3 is 2.83 bits per heavy atom. The number of hydrogen-bond donors (Lipinski definition) is 1. The molecule has 0 aliphatic carbocycles. The van der Waals surface area contributed by atoms with E-state index in [1.807, 2.05) is 11.0 Å². The number of aliphatic hydroxyl groups is 1. The molecule has 126 valence electrons. The summed E-state index contributed by atoms with van der Waals surface area (Å²) in [4.78, 5) is 18.4. The van der Waals surface area contributed by atoms with Crippen molar-refractivity contribution >= 4 is 5.91 Å². The molecular formula is C17H24N2O4. The minimum Gasteiger partial charge on any atom is -0.387 e. The van der Waals surface area contributed by atoms with Crippen molar-refractivity contribution in [2.75, 3.05) is 33.4 Å². The minimum atomic E-state index is -0.819. The monoisotopic (exact) mass is 320 g/mol. The van der Waals surface area contributed by atoms with Crippen molar-refractivity contribution in [3.8, 4) is 0 Å². The fraction of sp³-hybridized carbons (Fsp3) is 0.647. The van der Waals surface area contributed by atoms with Gasteiger partial charge in [0.2, 0.25) is 0 Å². The summed E-state index contributed by atoms with van der Waals surface area (Å²) in [6.45, 7) is 2.11. The molecule has 1 aromatic heterocycles. The third kappa shape index (κ3) is 3.54. The maximum Gasteiger partial charge on any atom is 0.272 e. The Kier molecular flexibility index (Phi) is 4.66. The lowest BCUT2D eigenvalue weighted by atomic mass is 9.77. The summed E-state index contributed by atoms with van der Waals surface area (Å²) in [7, 11) is 1.61. The van der Waals surface area contributed by atoms with E-state index in [-0.39, 0.29) is 11.5 Å². The highest BCUT2D eigenvalue weighted by Gasteiger charge is 2.47. The van der Waals surface area contributed by atoms with Crippen LogP contribution in [0.2, 0.25) is 0 Å². The Morgan fingerprint density at radius 1 is 1.39 bits per heavy atom. The van der Waals surface area contributed by atoms with Gasteiger partial charge in [-0.05, 0) is 25.0 Å². The molecule has 2 aliphatic heterocycles. The van der Waals surface area contributed by atoms with Crippen molar-refractivity contribution in [1.82, 2.24) is 9.88 Å². The predicted octanol–water partition coefficient (Wildman–Crippen LogP) is 1.24. The number of aromatic nitrogens is 1. The molecule has 0 bridgehead atoms. The Hall–Kier alpha value is -1.50. The van der Waals surface area contributed by atoms with E-state index in [4.69, 9.17) is 9.47 Å². The highest BCUT2D eigenvalue weighted by atomic mass is 16.5. The van der Waals surface area contributed by atoms with E-state index in [1.165, 1.54) is 0 Å². The molecule has 2 saturated heterocycles. The zero-order valence-electron chi connectivity index (χ0n) is 13.5. The average molecular weight is 320 g/mol. The second-order valence-corrected chi connectivity index (χ2v) is 6.62. The molecule has 3 heterocycles. The summed E-state index contributed by atoms with van der Waals surface area (Å²) in [6.07, 6.45) is 4.27. The smallest absolute Gasteiger partial charge is 0.272 e. The molecule has 1 unspecified atom stereocenters. The maximum absolute atomic E-state index is 12.5. The zero-order valence-corrected chi connectivity index (χ0v) is 13.5. The molecule has 1 atom stereocenters. The van der Waals surface area contributed by atoms with Crippen LogP contribution in [0.4, 0.5) is 0 Å². The van der Waals surface area contributed by atoms with Gasteiger partial charge in [-0.15, -0.1) is 0 Å². The SMILES string of the molecule is COCC1(O)CCOC2(CCN(C(=O)c3ccccn3)CC2)C1. The molecule has 3 rings (SSSR count). The fourth-order valence-corrected chi connectivity index (χ4v) is 3.68. The van der Waals surface area contributed by atoms with Gasteiger partial charge in [-0.3, -0.25) is 9.78 Å². The Bertz CT molecular complexity index is 539. The molecule has 23 heavy (non-hydrogen) atoms. The van der Waals surface area contributed by atoms with Gasteiger partial charge in [0.25, 0.3) is 5.91 Å². The number of methoxy groups -OCH3 is 1. The van der Waals surface area contributed by atoms with Crippen LogP contribution in [-0.2, 0) is 9.47 Å². The summed E-state index contributed by atoms with van der Waals surface area (Å²) in [5.74, 6) is -0.0385. The number of piperidine rings is 1. The molecule has 0 radical (unpaired) electrons. The molecule has 1 amide bonds. The molecule has 0 aromatic carbocycles. The van der Waals surface area contributed by atoms with E-state index in [9.17, 15) is 9.90 Å². The third-order valence-corrected chi connectivity index (χ3v) is 4.89. The van der Waals surface area contributed by atoms with Crippen molar-refractivity contribution in [2.24, 2.45) is 0 Å². The topological polar surface area (TPSA) is 71.9 Å². The van der Waals surface area contributed by atoms with Crippen LogP contribution in [-0.4, -0.2) is 65.5 Å². The van der Waals surface area contributed by atoms with Gasteiger partial charge in [0.15, 0.2) is 0 Å². The Morgan fingerprint density at radius 2 is 2.17 bits per heavy atom. The highest BCUT2D eigenvalue weighted by molar-refractivity contribution is 5.92. The summed E-state index contributed by atoms with van der Waals surface area (Å²) < 4.78 is 11.2. The Balaban J connectivity index is 1.63. The number of amides is 1. The van der Waals surface area contributed by atoms with E-state index in [0.717, 1.165) is 12.8 Å². The van der Waals surface area contributed by atoms with Crippen LogP contribution in [0.25, 0.3) is 0 Å². The van der Waals surface area contributed by atoms with Crippen LogP contribution in [0.15, 0.2) is 24.4 Å². The van der Waals surface area contributed by atoms with Crippen LogP contribution >= 0.6 is 0 Å². The van der Waals surface area contributed by atoms with Gasteiger partial charge in [-0.1, -0.05) is 6.07 Å². The number of hydrogen-bond acceptors (Lipinski definition) is 5. The van der Waals surface area contributed by atoms with Gasteiger partial charge in [0, 0.05) is 39.2 Å². The first kappa shape index (κ1) is 16.4. The number of pyridine rings is 1. The van der Waals surface area contributed by atoms with E-state index >= 15 is 0 Å². The molecule has 6 nitrogen and oxygen atoms in total. The van der Waals surface area contributed by atoms with Gasteiger partial charge >= 0.3 is 0 Å². The Labute approximate surface area is 136 Å². The van der Waals surface area contributed by atoms with Crippen LogP contribution in [0.3, 0.4) is 0 Å². The quantitative estimate of drug-likeness (QED) is 0.907. The summed E-state index contributed by atoms with van der Waals surface area (Å²) >= 11 is 0. The lowest BCUT2D eigenvalue weighted by Gasteiger charge is -2.48. The number of carbonyl (C=O) groups is 1. The lowest BCUT2D eigenvalue weighted by Crippen LogP contribution is -2.56. The largest absolute Gasteiger partial charge is 0.387 e. The van der Waals surface area contributed by atoms with Gasteiger partial charge in [0.1, 0.15) is 5.69 Å². The maximum atomic E-state index is 12.5. The normalized spacial score (nSPS) is 27.1. The molecule has 2 aliphatic rings. The van der Waals surface area contributed by atoms with Crippen molar-refractivity contribution in [3.63, 3.8) is 0 Å². The summed E-state index contributed by atoms with van der Waals surface area (Å²) in [5, 5.41) is 10.6. The molecule has 6 heteroatoms. The van der Waals surface area contributed by atoms with Crippen LogP contribution in [0.5, 0.6) is 0 Å². The molecule has 1 spiro atoms. The van der Waals surface area contributed by atoms with Crippen molar-refractivity contribution in [2.45, 2.75) is 36.9 Å². The minimum absolute atomic E-state index is 0.0385. The second-order valence-electron chi connectivity index (χ2n) is 6.62. The zero-order chi connectivity index (χ0) is 16.3. The standard InChI is InChI=1S/C17H24N2O4/c1-22-13-16(21)7-11-23-17(12-16)5-9-19(10-6-17)15(20)14-4-2-3-8-18-14/h2-4,8,21H,5-7,9-13H2,1H3. The summed E-state index contributed by atoms with van der Waals surface area (Å²) in [6, 6.07) is 5.36. The lowest BCUT2D eigenvalue weighted by molar-refractivity contribution is -0.189. The number of nitrogens with zero attached hydrogens (tertiary/aromatic N) is 2. The second kappa shape index (κ2) is 6.55. The summed E-state index contributed by atoms with van der Waals surface area (Å²) in [5.41, 5.74) is -0.684. The number of ether oxygens (including phenoxy) is 2. The first-order chi connectivity index (χ1) is 11.1. The third-order valence-electron chi connectivity index (χ3n) is 4.89. The van der Waals surface area contributed by atoms with Crippen molar-refractivity contribution < 1.29 is 19.4 Å². The predicted molar refractivity (Wildman–Crippen MR) is 84.1 cm³/mol. The molecular weight excluding hydrogens is 296 g/mol. The van der Waals surface area contributed by atoms with Crippen molar-refractivity contribution in [1.29, 1.82) is 0 Å². The first-order valence-electron chi connectivity index (χ1n) is 8.12. The van der Waals surface area contributed by atoms with Crippen LogP contribution in [0, 0.1) is 0 Å². The molecule has 0 saturated carbocycles. The molecule has 1 N–H and O–H groups in total. The van der Waals surface area contributed by atoms with Crippen LogP contribution < -0.4 is 0 Å². The van der Waals surface area contributed by atoms with Gasteiger partial charge in [0.05, 0.1) is 24.4 Å². The van der Waals surface area contributed by atoms with Crippen molar-refractivity contribution in [3.05, 3.63) is 30.1 Å². The van der Waals surface area contributed by atoms with E-state index < -0.39 is 5.60 Å². The number of likely N-dealkylation sites (tertiary alicyclic amines) is 1. The van der Waals surface area contributed by atoms with Gasteiger partial charge in [-0.25, -0.2) is 0 Å². The van der Waals surface area contributed by atoms with Gasteiger partial charge in [-0.2, -0.15) is 0 Å². The average Bonchev–Trinajstić information content (AvgIpc) is 2.56. The number of rotatable bonds is 3. The van der Waals surface area contributed by atoms with E-state index in [1.54, 1.807) is 25.4 Å².